The molecule has 0 aromatic heterocycles. The molecule has 0 aromatic carbocycles. The SMILES string of the molecule is CC(CCCC(=O)O)C(=O)OC1CC2OC2CC1C. The summed E-state index contributed by atoms with van der Waals surface area (Å²) in [7, 11) is 0. The van der Waals surface area contributed by atoms with E-state index in [4.69, 9.17) is 14.6 Å². The van der Waals surface area contributed by atoms with Gasteiger partial charge < -0.3 is 14.6 Å². The first-order chi connectivity index (χ1) is 8.97. The van der Waals surface area contributed by atoms with E-state index in [0.717, 1.165) is 12.8 Å². The molecule has 2 fully saturated rings. The molecule has 108 valence electrons. The molecule has 1 aliphatic carbocycles. The molecular formula is C14H22O5. The maximum absolute atomic E-state index is 11.9. The average molecular weight is 270 g/mol. The van der Waals surface area contributed by atoms with Crippen LogP contribution >= 0.6 is 0 Å². The Hall–Kier alpha value is -1.10. The Morgan fingerprint density at radius 2 is 2.05 bits per heavy atom. The summed E-state index contributed by atoms with van der Waals surface area (Å²) in [5.74, 6) is -0.914. The van der Waals surface area contributed by atoms with Crippen molar-refractivity contribution in [1.29, 1.82) is 0 Å². The van der Waals surface area contributed by atoms with Crippen molar-refractivity contribution in [2.45, 2.75) is 64.3 Å². The van der Waals surface area contributed by atoms with Gasteiger partial charge in [-0.05, 0) is 25.2 Å². The van der Waals surface area contributed by atoms with Gasteiger partial charge in [-0.1, -0.05) is 13.8 Å². The number of carbonyl (C=O) groups is 2. The molecular weight excluding hydrogens is 248 g/mol. The van der Waals surface area contributed by atoms with Crippen molar-refractivity contribution in [2.24, 2.45) is 11.8 Å². The van der Waals surface area contributed by atoms with Crippen molar-refractivity contribution in [3.63, 3.8) is 0 Å². The molecule has 5 nitrogen and oxygen atoms in total. The van der Waals surface area contributed by atoms with Crippen LogP contribution in [0.3, 0.4) is 0 Å². The van der Waals surface area contributed by atoms with E-state index >= 15 is 0 Å². The number of rotatable bonds is 6. The summed E-state index contributed by atoms with van der Waals surface area (Å²) in [6.45, 7) is 3.89. The molecule has 0 amide bonds. The number of hydrogen-bond donors (Lipinski definition) is 1. The van der Waals surface area contributed by atoms with Crippen molar-refractivity contribution in [2.75, 3.05) is 0 Å². The molecule has 0 radical (unpaired) electrons. The minimum Gasteiger partial charge on any atom is -0.481 e. The number of hydrogen-bond acceptors (Lipinski definition) is 4. The lowest BCUT2D eigenvalue weighted by atomic mass is 9.88. The summed E-state index contributed by atoms with van der Waals surface area (Å²) in [4.78, 5) is 22.4. The van der Waals surface area contributed by atoms with Crippen LogP contribution in [0.5, 0.6) is 0 Å². The highest BCUT2D eigenvalue weighted by atomic mass is 16.6. The number of epoxide rings is 1. The summed E-state index contributed by atoms with van der Waals surface area (Å²) in [5.41, 5.74) is 0. The van der Waals surface area contributed by atoms with E-state index < -0.39 is 5.97 Å². The largest absolute Gasteiger partial charge is 0.481 e. The van der Waals surface area contributed by atoms with Gasteiger partial charge in [0, 0.05) is 12.8 Å². The molecule has 1 saturated carbocycles. The van der Waals surface area contributed by atoms with E-state index in [1.807, 2.05) is 0 Å². The first kappa shape index (κ1) is 14.3. The molecule has 2 rings (SSSR count). The Bertz CT molecular complexity index is 354. The van der Waals surface area contributed by atoms with Crippen LogP contribution in [0.1, 0.15) is 46.0 Å². The zero-order valence-corrected chi connectivity index (χ0v) is 11.5. The van der Waals surface area contributed by atoms with Crippen LogP contribution in [0.15, 0.2) is 0 Å². The fourth-order valence-corrected chi connectivity index (χ4v) is 2.68. The number of ether oxygens (including phenoxy) is 2. The maximum Gasteiger partial charge on any atom is 0.308 e. The van der Waals surface area contributed by atoms with Crippen LogP contribution < -0.4 is 0 Å². The number of carbonyl (C=O) groups excluding carboxylic acids is 1. The Kier molecular flexibility index (Phi) is 4.45. The molecule has 0 spiro atoms. The van der Waals surface area contributed by atoms with Crippen molar-refractivity contribution >= 4 is 11.9 Å². The molecule has 19 heavy (non-hydrogen) atoms. The average Bonchev–Trinajstić information content (AvgIpc) is 3.06. The second-order valence-electron chi connectivity index (χ2n) is 5.82. The third kappa shape index (κ3) is 3.93. The summed E-state index contributed by atoms with van der Waals surface area (Å²) in [6, 6.07) is 0. The smallest absolute Gasteiger partial charge is 0.308 e. The second-order valence-corrected chi connectivity index (χ2v) is 5.82. The first-order valence-corrected chi connectivity index (χ1v) is 7.05. The highest BCUT2D eigenvalue weighted by Crippen LogP contribution is 2.40. The van der Waals surface area contributed by atoms with Crippen LogP contribution in [-0.2, 0) is 19.1 Å². The Balaban J connectivity index is 1.71. The lowest BCUT2D eigenvalue weighted by Crippen LogP contribution is -2.33. The van der Waals surface area contributed by atoms with Gasteiger partial charge in [-0.25, -0.2) is 0 Å². The topological polar surface area (TPSA) is 76.1 Å². The molecule has 5 unspecified atom stereocenters. The standard InChI is InChI=1S/C14H22O5/c1-8(4-3-5-13(15)16)14(17)19-10-7-12-11(18-12)6-9(10)2/h8-12H,3-7H2,1-2H3,(H,15,16). The summed E-state index contributed by atoms with van der Waals surface area (Å²) < 4.78 is 11.0. The summed E-state index contributed by atoms with van der Waals surface area (Å²) >= 11 is 0. The maximum atomic E-state index is 11.9. The lowest BCUT2D eigenvalue weighted by Gasteiger charge is -2.27. The molecule has 1 saturated heterocycles. The van der Waals surface area contributed by atoms with E-state index in [2.05, 4.69) is 6.92 Å². The van der Waals surface area contributed by atoms with E-state index in [0.29, 0.717) is 24.9 Å². The summed E-state index contributed by atoms with van der Waals surface area (Å²) in [5, 5.41) is 8.56. The number of fused-ring (bicyclic) bond motifs is 1. The van der Waals surface area contributed by atoms with Gasteiger partial charge in [0.1, 0.15) is 6.10 Å². The fraction of sp³-hybridized carbons (Fsp3) is 0.857. The number of esters is 1. The first-order valence-electron chi connectivity index (χ1n) is 7.05. The number of carboxylic acids is 1. The monoisotopic (exact) mass is 270 g/mol. The zero-order chi connectivity index (χ0) is 14.0. The predicted octanol–water partition coefficient (Wildman–Crippen LogP) is 1.99. The van der Waals surface area contributed by atoms with Crippen molar-refractivity contribution in [3.8, 4) is 0 Å². The van der Waals surface area contributed by atoms with Crippen LogP contribution in [0.25, 0.3) is 0 Å². The molecule has 5 atom stereocenters. The molecule has 1 aliphatic heterocycles. The van der Waals surface area contributed by atoms with E-state index in [9.17, 15) is 9.59 Å². The minimum absolute atomic E-state index is 0.0434. The minimum atomic E-state index is -0.821. The molecule has 1 heterocycles. The molecule has 5 heteroatoms. The fourth-order valence-electron chi connectivity index (χ4n) is 2.68. The van der Waals surface area contributed by atoms with Gasteiger partial charge in [-0.2, -0.15) is 0 Å². The Morgan fingerprint density at radius 3 is 2.74 bits per heavy atom. The van der Waals surface area contributed by atoms with Crippen LogP contribution in [0.2, 0.25) is 0 Å². The highest BCUT2D eigenvalue weighted by molar-refractivity contribution is 5.72. The molecule has 1 N–H and O–H groups in total. The van der Waals surface area contributed by atoms with Gasteiger partial charge >= 0.3 is 11.9 Å². The molecule has 0 bridgehead atoms. The van der Waals surface area contributed by atoms with Crippen LogP contribution in [-0.4, -0.2) is 35.4 Å². The third-order valence-electron chi connectivity index (χ3n) is 4.09. The van der Waals surface area contributed by atoms with E-state index in [1.165, 1.54) is 0 Å². The summed E-state index contributed by atoms with van der Waals surface area (Å²) in [6.07, 6.45) is 3.59. The van der Waals surface area contributed by atoms with Gasteiger partial charge in [-0.15, -0.1) is 0 Å². The normalized spacial score (nSPS) is 34.2. The van der Waals surface area contributed by atoms with Crippen molar-refractivity contribution in [3.05, 3.63) is 0 Å². The third-order valence-corrected chi connectivity index (χ3v) is 4.09. The second kappa shape index (κ2) is 5.90. The highest BCUT2D eigenvalue weighted by Gasteiger charge is 2.48. The van der Waals surface area contributed by atoms with Crippen molar-refractivity contribution in [1.82, 2.24) is 0 Å². The lowest BCUT2D eigenvalue weighted by molar-refractivity contribution is -0.157. The van der Waals surface area contributed by atoms with Gasteiger partial charge in [0.15, 0.2) is 0 Å². The van der Waals surface area contributed by atoms with E-state index in [-0.39, 0.29) is 30.5 Å². The zero-order valence-electron chi connectivity index (χ0n) is 11.5. The van der Waals surface area contributed by atoms with E-state index in [1.54, 1.807) is 6.92 Å². The Labute approximate surface area is 113 Å². The molecule has 0 aromatic rings. The van der Waals surface area contributed by atoms with Gasteiger partial charge in [0.25, 0.3) is 0 Å². The van der Waals surface area contributed by atoms with Gasteiger partial charge in [-0.3, -0.25) is 9.59 Å². The quantitative estimate of drug-likeness (QED) is 0.590. The predicted molar refractivity (Wildman–Crippen MR) is 67.6 cm³/mol. The molecule has 2 aliphatic rings. The Morgan fingerprint density at radius 1 is 1.37 bits per heavy atom. The number of carboxylic acid groups (broad SMARTS) is 1. The van der Waals surface area contributed by atoms with Crippen LogP contribution in [0.4, 0.5) is 0 Å². The number of aliphatic carboxylic acids is 1. The van der Waals surface area contributed by atoms with Crippen LogP contribution in [0, 0.1) is 11.8 Å². The van der Waals surface area contributed by atoms with Crippen molar-refractivity contribution < 1.29 is 24.2 Å². The van der Waals surface area contributed by atoms with Gasteiger partial charge in [0.05, 0.1) is 18.1 Å². The van der Waals surface area contributed by atoms with Gasteiger partial charge in [0.2, 0.25) is 0 Å².